The molecule has 1 aromatic heterocycles. The second-order valence-corrected chi connectivity index (χ2v) is 4.54. The van der Waals surface area contributed by atoms with E-state index in [4.69, 9.17) is 4.74 Å². The number of aromatic nitrogens is 2. The number of benzene rings is 2. The molecule has 0 bridgehead atoms. The zero-order valence-corrected chi connectivity index (χ0v) is 11.4. The van der Waals surface area contributed by atoms with Crippen LogP contribution in [0.3, 0.4) is 0 Å². The van der Waals surface area contributed by atoms with Crippen molar-refractivity contribution >= 4 is 0 Å². The first kappa shape index (κ1) is 13.0. The predicted octanol–water partition coefficient (Wildman–Crippen LogP) is 3.39. The van der Waals surface area contributed by atoms with Gasteiger partial charge < -0.3 is 4.74 Å². The van der Waals surface area contributed by atoms with Gasteiger partial charge in [-0.25, -0.2) is 0 Å². The molecule has 1 heterocycles. The van der Waals surface area contributed by atoms with Crippen molar-refractivity contribution in [3.63, 3.8) is 0 Å². The van der Waals surface area contributed by atoms with Gasteiger partial charge in [-0.2, -0.15) is 5.10 Å². The van der Waals surface area contributed by atoms with Crippen LogP contribution in [0.15, 0.2) is 67.0 Å². The molecule has 3 heteroatoms. The first-order chi connectivity index (χ1) is 10.4. The van der Waals surface area contributed by atoms with E-state index < -0.39 is 0 Å². The van der Waals surface area contributed by atoms with Crippen LogP contribution < -0.4 is 4.74 Å². The minimum atomic E-state index is 0.555. The third-order valence-electron chi connectivity index (χ3n) is 2.93. The van der Waals surface area contributed by atoms with Crippen LogP contribution in [-0.2, 0) is 6.61 Å². The molecule has 0 aliphatic heterocycles. The SMILES string of the molecule is C(#Cc1cccc(OCc2ccccc2)c1)c1cn[nH]c1. The summed E-state index contributed by atoms with van der Waals surface area (Å²) in [6.07, 6.45) is 3.46. The molecule has 0 saturated carbocycles. The molecule has 0 amide bonds. The highest BCUT2D eigenvalue weighted by molar-refractivity contribution is 5.44. The van der Waals surface area contributed by atoms with Gasteiger partial charge in [0.25, 0.3) is 0 Å². The molecular formula is C18H14N2O. The largest absolute Gasteiger partial charge is 0.489 e. The van der Waals surface area contributed by atoms with Crippen molar-refractivity contribution in [2.75, 3.05) is 0 Å². The molecule has 0 fully saturated rings. The van der Waals surface area contributed by atoms with Gasteiger partial charge in [0.1, 0.15) is 12.4 Å². The fourth-order valence-corrected chi connectivity index (χ4v) is 1.87. The van der Waals surface area contributed by atoms with Crippen LogP contribution in [0, 0.1) is 11.8 Å². The number of rotatable bonds is 3. The number of hydrogen-bond donors (Lipinski definition) is 1. The van der Waals surface area contributed by atoms with Gasteiger partial charge in [0.15, 0.2) is 0 Å². The van der Waals surface area contributed by atoms with Gasteiger partial charge in [-0.3, -0.25) is 5.10 Å². The summed E-state index contributed by atoms with van der Waals surface area (Å²) in [5, 5.41) is 6.60. The molecule has 3 rings (SSSR count). The zero-order valence-electron chi connectivity index (χ0n) is 11.4. The van der Waals surface area contributed by atoms with Gasteiger partial charge in [-0.1, -0.05) is 48.2 Å². The predicted molar refractivity (Wildman–Crippen MR) is 81.8 cm³/mol. The van der Waals surface area contributed by atoms with Crippen molar-refractivity contribution < 1.29 is 4.74 Å². The normalized spacial score (nSPS) is 9.71. The Morgan fingerprint density at radius 3 is 2.62 bits per heavy atom. The third kappa shape index (κ3) is 3.74. The van der Waals surface area contributed by atoms with Crippen LogP contribution in [0.2, 0.25) is 0 Å². The smallest absolute Gasteiger partial charge is 0.121 e. The van der Waals surface area contributed by atoms with Gasteiger partial charge >= 0.3 is 0 Å². The maximum absolute atomic E-state index is 5.78. The molecule has 0 aliphatic rings. The molecule has 2 aromatic carbocycles. The van der Waals surface area contributed by atoms with Crippen LogP contribution in [0.1, 0.15) is 16.7 Å². The first-order valence-corrected chi connectivity index (χ1v) is 6.68. The number of H-pyrrole nitrogens is 1. The molecule has 0 atom stereocenters. The summed E-state index contributed by atoms with van der Waals surface area (Å²) in [7, 11) is 0. The highest BCUT2D eigenvalue weighted by Crippen LogP contribution is 2.14. The summed E-state index contributed by atoms with van der Waals surface area (Å²) in [6.45, 7) is 0.555. The molecule has 3 aromatic rings. The van der Waals surface area contributed by atoms with E-state index in [-0.39, 0.29) is 0 Å². The molecule has 0 unspecified atom stereocenters. The van der Waals surface area contributed by atoms with Crippen LogP contribution >= 0.6 is 0 Å². The van der Waals surface area contributed by atoms with Crippen molar-refractivity contribution in [3.05, 3.63) is 83.7 Å². The summed E-state index contributed by atoms with van der Waals surface area (Å²) < 4.78 is 5.78. The molecule has 3 nitrogen and oxygen atoms in total. The van der Waals surface area contributed by atoms with E-state index in [1.165, 1.54) is 0 Å². The van der Waals surface area contributed by atoms with Crippen molar-refractivity contribution in [3.8, 4) is 17.6 Å². The number of nitrogens with zero attached hydrogens (tertiary/aromatic N) is 1. The second-order valence-electron chi connectivity index (χ2n) is 4.54. The monoisotopic (exact) mass is 274 g/mol. The van der Waals surface area contributed by atoms with Crippen molar-refractivity contribution in [2.45, 2.75) is 6.61 Å². The fourth-order valence-electron chi connectivity index (χ4n) is 1.87. The lowest BCUT2D eigenvalue weighted by Crippen LogP contribution is -1.95. The summed E-state index contributed by atoms with van der Waals surface area (Å²) in [4.78, 5) is 0. The van der Waals surface area contributed by atoms with Crippen LogP contribution in [-0.4, -0.2) is 10.2 Å². The Bertz CT molecular complexity index is 753. The van der Waals surface area contributed by atoms with Gasteiger partial charge in [0, 0.05) is 11.8 Å². The first-order valence-electron chi connectivity index (χ1n) is 6.68. The van der Waals surface area contributed by atoms with E-state index in [9.17, 15) is 0 Å². The average Bonchev–Trinajstić information content (AvgIpc) is 3.06. The Balaban J connectivity index is 1.68. The molecule has 0 saturated heterocycles. The van der Waals surface area contributed by atoms with Gasteiger partial charge in [0.05, 0.1) is 11.8 Å². The second kappa shape index (κ2) is 6.44. The Kier molecular flexibility index (Phi) is 3.99. The summed E-state index contributed by atoms with van der Waals surface area (Å²) in [5.41, 5.74) is 2.93. The maximum atomic E-state index is 5.78. The van der Waals surface area contributed by atoms with E-state index in [1.807, 2.05) is 54.6 Å². The van der Waals surface area contributed by atoms with Crippen molar-refractivity contribution in [1.29, 1.82) is 0 Å². The molecule has 0 spiro atoms. The van der Waals surface area contributed by atoms with Crippen LogP contribution in [0.25, 0.3) is 0 Å². The number of nitrogens with one attached hydrogen (secondary N) is 1. The highest BCUT2D eigenvalue weighted by Gasteiger charge is 1.96. The maximum Gasteiger partial charge on any atom is 0.121 e. The summed E-state index contributed by atoms with van der Waals surface area (Å²) in [5.74, 6) is 6.96. The Hall–Kier alpha value is -2.99. The molecule has 21 heavy (non-hydrogen) atoms. The molecule has 0 aliphatic carbocycles. The van der Waals surface area contributed by atoms with Crippen LogP contribution in [0.4, 0.5) is 0 Å². The van der Waals surface area contributed by atoms with Crippen molar-refractivity contribution in [2.24, 2.45) is 0 Å². The number of hydrogen-bond acceptors (Lipinski definition) is 2. The number of ether oxygens (including phenoxy) is 1. The fraction of sp³-hybridized carbons (Fsp3) is 0.0556. The van der Waals surface area contributed by atoms with E-state index in [2.05, 4.69) is 22.0 Å². The minimum Gasteiger partial charge on any atom is -0.489 e. The summed E-state index contributed by atoms with van der Waals surface area (Å²) in [6, 6.07) is 17.9. The summed E-state index contributed by atoms with van der Waals surface area (Å²) >= 11 is 0. The quantitative estimate of drug-likeness (QED) is 0.743. The lowest BCUT2D eigenvalue weighted by molar-refractivity contribution is 0.306. The topological polar surface area (TPSA) is 37.9 Å². The van der Waals surface area contributed by atoms with Crippen LogP contribution in [0.5, 0.6) is 5.75 Å². The molecule has 1 N–H and O–H groups in total. The molecule has 0 radical (unpaired) electrons. The zero-order chi connectivity index (χ0) is 14.3. The average molecular weight is 274 g/mol. The molecular weight excluding hydrogens is 260 g/mol. The lowest BCUT2D eigenvalue weighted by atomic mass is 10.2. The van der Waals surface area contributed by atoms with E-state index >= 15 is 0 Å². The van der Waals surface area contributed by atoms with Gasteiger partial charge in [0.2, 0.25) is 0 Å². The third-order valence-corrected chi connectivity index (χ3v) is 2.93. The Morgan fingerprint density at radius 2 is 1.81 bits per heavy atom. The Morgan fingerprint density at radius 1 is 0.952 bits per heavy atom. The van der Waals surface area contributed by atoms with Gasteiger partial charge in [-0.15, -0.1) is 0 Å². The Labute approximate surface area is 123 Å². The minimum absolute atomic E-state index is 0.555. The highest BCUT2D eigenvalue weighted by atomic mass is 16.5. The standard InChI is InChI=1S/C18H14N2O/c1-2-5-16(6-3-1)14-21-18-8-4-7-15(11-18)9-10-17-12-19-20-13-17/h1-8,11-13H,14H2,(H,19,20). The van der Waals surface area contributed by atoms with E-state index in [0.717, 1.165) is 22.4 Å². The number of aromatic amines is 1. The molecule has 102 valence electrons. The van der Waals surface area contributed by atoms with Crippen molar-refractivity contribution in [1.82, 2.24) is 10.2 Å². The van der Waals surface area contributed by atoms with Gasteiger partial charge in [-0.05, 0) is 23.8 Å². The lowest BCUT2D eigenvalue weighted by Gasteiger charge is -2.06. The van der Waals surface area contributed by atoms with E-state index in [0.29, 0.717) is 6.61 Å². The van der Waals surface area contributed by atoms with E-state index in [1.54, 1.807) is 12.4 Å².